The van der Waals surface area contributed by atoms with Crippen molar-refractivity contribution in [3.63, 3.8) is 0 Å². The molecule has 3 heterocycles. The van der Waals surface area contributed by atoms with Crippen LogP contribution < -0.4 is 14.7 Å². The van der Waals surface area contributed by atoms with Crippen LogP contribution in [0.5, 0.6) is 0 Å². The number of morpholine rings is 1. The standard InChI is InChI=1S/C36H42F6N6O.C2H6/c1-34(2)8-7-26-15-27(32(45-31(26)34)47(19-23-3-4-23)20-24-5-6-24)22-48(33-43-17-30(18-44-33)46-9-11-49-12-10-46)21-25-13-28(35(37,38)39)16-29(14-25)36(40,41)42;1-2/h13-18,23-24H,3-12,19-22H2,1-2H3;1-2H3. The Bertz CT molecular complexity index is 1600. The van der Waals surface area contributed by atoms with Gasteiger partial charge in [-0.1, -0.05) is 27.7 Å². The molecule has 0 amide bonds. The normalized spacial score (nSPS) is 18.6. The van der Waals surface area contributed by atoms with Gasteiger partial charge in [-0.05, 0) is 85.8 Å². The van der Waals surface area contributed by atoms with Crippen molar-refractivity contribution in [1.29, 1.82) is 0 Å². The van der Waals surface area contributed by atoms with Gasteiger partial charge in [-0.15, -0.1) is 0 Å². The molecular weight excluding hydrogens is 670 g/mol. The molecule has 2 aromatic heterocycles. The Hall–Kier alpha value is -3.61. The highest BCUT2D eigenvalue weighted by Gasteiger charge is 2.38. The predicted octanol–water partition coefficient (Wildman–Crippen LogP) is 8.83. The highest BCUT2D eigenvalue weighted by Crippen LogP contribution is 2.43. The average molecular weight is 719 g/mol. The molecule has 13 heteroatoms. The Morgan fingerprint density at radius 2 is 1.37 bits per heavy atom. The van der Waals surface area contributed by atoms with Crippen molar-refractivity contribution >= 4 is 17.5 Å². The summed E-state index contributed by atoms with van der Waals surface area (Å²) in [7, 11) is 0. The number of nitrogens with zero attached hydrogens (tertiary/aromatic N) is 6. The lowest BCUT2D eigenvalue weighted by Gasteiger charge is -2.31. The fourth-order valence-electron chi connectivity index (χ4n) is 6.99. The zero-order valence-electron chi connectivity index (χ0n) is 29.9. The molecule has 0 spiro atoms. The number of hydrogen-bond donors (Lipinski definition) is 0. The maximum atomic E-state index is 13.9. The summed E-state index contributed by atoms with van der Waals surface area (Å²) < 4.78 is 88.7. The number of halogens is 6. The van der Waals surface area contributed by atoms with Gasteiger partial charge in [-0.25, -0.2) is 15.0 Å². The maximum Gasteiger partial charge on any atom is 0.416 e. The lowest BCUT2D eigenvalue weighted by atomic mass is 9.90. The topological polar surface area (TPSA) is 57.6 Å². The maximum absolute atomic E-state index is 13.9. The SMILES string of the molecule is CC.CC1(C)CCc2cc(CN(Cc3cc(C(F)(F)F)cc(C(F)(F)F)c3)c3ncc(N4CCOCC4)cn3)c(N(CC3CC3)CC3CC3)nc21. The van der Waals surface area contributed by atoms with Gasteiger partial charge < -0.3 is 19.4 Å². The minimum Gasteiger partial charge on any atom is -0.378 e. The quantitative estimate of drug-likeness (QED) is 0.184. The first-order valence-corrected chi connectivity index (χ1v) is 18.2. The predicted molar refractivity (Wildman–Crippen MR) is 186 cm³/mol. The van der Waals surface area contributed by atoms with E-state index in [9.17, 15) is 26.3 Å². The van der Waals surface area contributed by atoms with Crippen LogP contribution in [0.3, 0.4) is 0 Å². The lowest BCUT2D eigenvalue weighted by Crippen LogP contribution is -2.36. The number of hydrogen-bond acceptors (Lipinski definition) is 7. The molecule has 1 aliphatic heterocycles. The molecule has 0 unspecified atom stereocenters. The number of fused-ring (bicyclic) bond motifs is 1. The van der Waals surface area contributed by atoms with Crippen molar-refractivity contribution in [3.05, 3.63) is 70.2 Å². The van der Waals surface area contributed by atoms with Gasteiger partial charge in [-0.3, -0.25) is 0 Å². The van der Waals surface area contributed by atoms with Crippen LogP contribution in [0, 0.1) is 11.8 Å². The van der Waals surface area contributed by atoms with Crippen molar-refractivity contribution in [3.8, 4) is 0 Å². The van der Waals surface area contributed by atoms with Crippen LogP contribution in [-0.2, 0) is 42.0 Å². The third-order valence-electron chi connectivity index (χ3n) is 10.1. The molecule has 4 aliphatic rings. The molecule has 2 saturated carbocycles. The fraction of sp³-hybridized carbons (Fsp3) is 0.605. The van der Waals surface area contributed by atoms with Gasteiger partial charge in [-0.2, -0.15) is 26.3 Å². The Morgan fingerprint density at radius 1 is 0.804 bits per heavy atom. The van der Waals surface area contributed by atoms with Crippen molar-refractivity contribution in [2.45, 2.75) is 97.1 Å². The van der Waals surface area contributed by atoms with Gasteiger partial charge in [0.25, 0.3) is 0 Å². The van der Waals surface area contributed by atoms with E-state index >= 15 is 0 Å². The van der Waals surface area contributed by atoms with Crippen LogP contribution >= 0.6 is 0 Å². The molecule has 1 saturated heterocycles. The molecule has 0 bridgehead atoms. The van der Waals surface area contributed by atoms with Gasteiger partial charge >= 0.3 is 12.4 Å². The molecule has 0 atom stereocenters. The molecule has 7 nitrogen and oxygen atoms in total. The summed E-state index contributed by atoms with van der Waals surface area (Å²) in [6.45, 7) is 12.5. The summed E-state index contributed by atoms with van der Waals surface area (Å²) in [5.41, 5.74) is 0.919. The van der Waals surface area contributed by atoms with Crippen molar-refractivity contribution < 1.29 is 31.1 Å². The summed E-state index contributed by atoms with van der Waals surface area (Å²) in [6.07, 6.45) is -0.126. The fourth-order valence-corrected chi connectivity index (χ4v) is 6.99. The van der Waals surface area contributed by atoms with E-state index in [1.807, 2.05) is 13.8 Å². The van der Waals surface area contributed by atoms with Crippen LogP contribution in [0.15, 0.2) is 36.7 Å². The number of rotatable bonds is 11. The van der Waals surface area contributed by atoms with Crippen LogP contribution in [0.4, 0.5) is 43.8 Å². The molecular formula is C38H48F6N6O. The molecule has 0 radical (unpaired) electrons. The number of ether oxygens (including phenoxy) is 1. The molecule has 278 valence electrons. The number of pyridine rings is 1. The second-order valence-electron chi connectivity index (χ2n) is 14.8. The van der Waals surface area contributed by atoms with E-state index in [1.54, 1.807) is 17.3 Å². The van der Waals surface area contributed by atoms with E-state index in [-0.39, 0.29) is 36.1 Å². The molecule has 3 aliphatic carbocycles. The van der Waals surface area contributed by atoms with E-state index in [1.165, 1.54) is 25.7 Å². The second kappa shape index (κ2) is 14.8. The monoisotopic (exact) mass is 718 g/mol. The van der Waals surface area contributed by atoms with E-state index in [4.69, 9.17) is 9.72 Å². The van der Waals surface area contributed by atoms with E-state index < -0.39 is 23.5 Å². The van der Waals surface area contributed by atoms with Crippen LogP contribution in [0.2, 0.25) is 0 Å². The second-order valence-corrected chi connectivity index (χ2v) is 14.8. The van der Waals surface area contributed by atoms with Crippen LogP contribution in [0.25, 0.3) is 0 Å². The first-order valence-electron chi connectivity index (χ1n) is 18.2. The first kappa shape index (κ1) is 37.2. The average Bonchev–Trinajstić information content (AvgIpc) is 4.05. The van der Waals surface area contributed by atoms with Gasteiger partial charge in [0.15, 0.2) is 0 Å². The molecule has 3 aromatic rings. The van der Waals surface area contributed by atoms with Crippen molar-refractivity contribution in [1.82, 2.24) is 15.0 Å². The minimum atomic E-state index is -4.95. The van der Waals surface area contributed by atoms with Crippen molar-refractivity contribution in [2.24, 2.45) is 11.8 Å². The molecule has 0 N–H and O–H groups in total. The van der Waals surface area contributed by atoms with E-state index in [2.05, 4.69) is 39.7 Å². The minimum absolute atomic E-state index is 0.0996. The largest absolute Gasteiger partial charge is 0.416 e. The van der Waals surface area contributed by atoms with Crippen LogP contribution in [0.1, 0.15) is 93.3 Å². The summed E-state index contributed by atoms with van der Waals surface area (Å²) in [5.74, 6) is 2.24. The van der Waals surface area contributed by atoms with Crippen molar-refractivity contribution in [2.75, 3.05) is 54.1 Å². The number of benzene rings is 1. The highest BCUT2D eigenvalue weighted by atomic mass is 19.4. The number of anilines is 3. The van der Waals surface area contributed by atoms with Gasteiger partial charge in [0.2, 0.25) is 5.95 Å². The number of aryl methyl sites for hydroxylation is 1. The highest BCUT2D eigenvalue weighted by molar-refractivity contribution is 5.55. The summed E-state index contributed by atoms with van der Waals surface area (Å²) >= 11 is 0. The third-order valence-corrected chi connectivity index (χ3v) is 10.1. The molecule has 7 rings (SSSR count). The van der Waals surface area contributed by atoms with Gasteiger partial charge in [0.05, 0.1) is 48.1 Å². The molecule has 51 heavy (non-hydrogen) atoms. The van der Waals surface area contributed by atoms with E-state index in [0.29, 0.717) is 38.1 Å². The van der Waals surface area contributed by atoms with Gasteiger partial charge in [0.1, 0.15) is 5.82 Å². The third kappa shape index (κ3) is 9.07. The Kier molecular flexibility index (Phi) is 10.8. The Balaban J connectivity index is 0.00000220. The van der Waals surface area contributed by atoms with Crippen LogP contribution in [-0.4, -0.2) is 54.3 Å². The lowest BCUT2D eigenvalue weighted by molar-refractivity contribution is -0.143. The van der Waals surface area contributed by atoms with E-state index in [0.717, 1.165) is 66.4 Å². The zero-order chi connectivity index (χ0) is 36.6. The summed E-state index contributed by atoms with van der Waals surface area (Å²) in [6, 6.07) is 3.91. The first-order chi connectivity index (χ1) is 24.2. The molecule has 3 fully saturated rings. The number of alkyl halides is 6. The number of aromatic nitrogens is 3. The van der Waals surface area contributed by atoms with Gasteiger partial charge in [0, 0.05) is 50.2 Å². The summed E-state index contributed by atoms with van der Waals surface area (Å²) in [5, 5.41) is 0. The molecule has 1 aromatic carbocycles. The smallest absolute Gasteiger partial charge is 0.378 e. The Labute approximate surface area is 296 Å². The zero-order valence-corrected chi connectivity index (χ0v) is 29.9. The Morgan fingerprint density at radius 3 is 1.90 bits per heavy atom. The summed E-state index contributed by atoms with van der Waals surface area (Å²) in [4.78, 5) is 20.7.